The van der Waals surface area contributed by atoms with Crippen molar-refractivity contribution in [2.24, 2.45) is 0 Å². The molecule has 1 heterocycles. The second-order valence-electron chi connectivity index (χ2n) is 2.02. The molecule has 5 nitrogen and oxygen atoms in total. The van der Waals surface area contributed by atoms with Gasteiger partial charge in [0.2, 0.25) is 5.88 Å². The van der Waals surface area contributed by atoms with Crippen LogP contribution in [0.5, 0.6) is 11.6 Å². The molecule has 0 bridgehead atoms. The molecular weight excluding hydrogens is 176 g/mol. The van der Waals surface area contributed by atoms with Crippen molar-refractivity contribution in [1.82, 2.24) is 4.98 Å². The molecule has 0 aromatic carbocycles. The molecule has 0 aliphatic heterocycles. The first-order valence-corrected chi connectivity index (χ1v) is 3.12. The summed E-state index contributed by atoms with van der Waals surface area (Å²) in [4.78, 5) is 13.9. The molecule has 1 rings (SSSR count). The monoisotopic (exact) mass is 185 g/mol. The van der Waals surface area contributed by atoms with Gasteiger partial charge < -0.3 is 14.9 Å². The van der Waals surface area contributed by atoms with E-state index in [1.807, 2.05) is 0 Å². The molecule has 14 heavy (non-hydrogen) atoms. The number of aromatic hydroxyl groups is 1. The van der Waals surface area contributed by atoms with Crippen LogP contribution in [0.15, 0.2) is 12.3 Å². The van der Waals surface area contributed by atoms with Crippen molar-refractivity contribution in [3.8, 4) is 11.6 Å². The Morgan fingerprint density at radius 1 is 1.50 bits per heavy atom. The minimum atomic E-state index is -1.27. The Morgan fingerprint density at radius 2 is 2.07 bits per heavy atom. The Labute approximate surface area is 105 Å². The summed E-state index contributed by atoms with van der Waals surface area (Å²) in [7, 11) is 1.32. The second kappa shape index (κ2) is 6.81. The Morgan fingerprint density at radius 3 is 2.43 bits per heavy atom. The molecule has 0 fully saturated rings. The summed E-state index contributed by atoms with van der Waals surface area (Å²) < 4.78 is 4.71. The second-order valence-corrected chi connectivity index (χ2v) is 2.02. The first kappa shape index (κ1) is 15.9. The zero-order valence-electron chi connectivity index (χ0n) is 6.31. The van der Waals surface area contributed by atoms with Gasteiger partial charge in [-0.3, -0.25) is 0 Å². The molecule has 7 heteroatoms. The Balaban J connectivity index is 0. The SMILES string of the molecule is COc1ccnc(O)c1C(=O)O.[LiH].[LiH]. The predicted octanol–water partition coefficient (Wildman–Crippen LogP) is -0.803. The summed E-state index contributed by atoms with van der Waals surface area (Å²) in [6, 6.07) is 1.36. The zero-order valence-corrected chi connectivity index (χ0v) is 6.31. The third-order valence-corrected chi connectivity index (χ3v) is 1.33. The molecule has 0 saturated heterocycles. The van der Waals surface area contributed by atoms with Crippen LogP contribution >= 0.6 is 0 Å². The summed E-state index contributed by atoms with van der Waals surface area (Å²) in [6.07, 6.45) is 1.26. The van der Waals surface area contributed by atoms with Crippen molar-refractivity contribution in [2.75, 3.05) is 7.11 Å². The predicted molar refractivity (Wildman–Crippen MR) is 53.7 cm³/mol. The van der Waals surface area contributed by atoms with Gasteiger partial charge in [-0.05, 0) is 6.07 Å². The zero-order chi connectivity index (χ0) is 9.14. The summed E-state index contributed by atoms with van der Waals surface area (Å²) >= 11 is 0. The van der Waals surface area contributed by atoms with Gasteiger partial charge in [0.25, 0.3) is 0 Å². The molecule has 0 unspecified atom stereocenters. The van der Waals surface area contributed by atoms with Crippen LogP contribution in [0.25, 0.3) is 0 Å². The van der Waals surface area contributed by atoms with Crippen LogP contribution in [-0.2, 0) is 0 Å². The molecule has 0 amide bonds. The van der Waals surface area contributed by atoms with E-state index >= 15 is 0 Å². The van der Waals surface area contributed by atoms with Gasteiger partial charge in [-0.25, -0.2) is 9.78 Å². The van der Waals surface area contributed by atoms with Crippen molar-refractivity contribution in [3.05, 3.63) is 17.8 Å². The quantitative estimate of drug-likeness (QED) is 0.589. The summed E-state index contributed by atoms with van der Waals surface area (Å²) in [5.41, 5.74) is -0.319. The normalized spacial score (nSPS) is 8.07. The van der Waals surface area contributed by atoms with E-state index in [2.05, 4.69) is 4.98 Å². The standard InChI is InChI=1S/C7H7NO4.2Li.2H/c1-12-4-2-3-8-6(9)5(4)7(10)11;;;;/h2-3H,1H3,(H,8,9)(H,10,11);;;;. The van der Waals surface area contributed by atoms with E-state index in [0.717, 1.165) is 0 Å². The van der Waals surface area contributed by atoms with E-state index < -0.39 is 11.8 Å². The van der Waals surface area contributed by atoms with Crippen LogP contribution in [0, 0.1) is 0 Å². The average Bonchev–Trinajstić information content (AvgIpc) is 2.03. The molecule has 68 valence electrons. The van der Waals surface area contributed by atoms with E-state index in [1.54, 1.807) is 0 Å². The molecule has 0 saturated carbocycles. The molecule has 0 spiro atoms. The molecular formula is C7H9Li2NO4. The molecule has 0 aliphatic carbocycles. The number of carboxylic acids is 1. The fourth-order valence-electron chi connectivity index (χ4n) is 0.805. The van der Waals surface area contributed by atoms with Crippen LogP contribution < -0.4 is 4.74 Å². The fraction of sp³-hybridized carbons (Fsp3) is 0.143. The van der Waals surface area contributed by atoms with Crippen molar-refractivity contribution >= 4 is 43.7 Å². The van der Waals surface area contributed by atoms with Crippen molar-refractivity contribution in [2.45, 2.75) is 0 Å². The van der Waals surface area contributed by atoms with Crippen molar-refractivity contribution in [3.63, 3.8) is 0 Å². The van der Waals surface area contributed by atoms with Crippen LogP contribution in [0.3, 0.4) is 0 Å². The Hall–Kier alpha value is -0.585. The number of hydrogen-bond acceptors (Lipinski definition) is 4. The van der Waals surface area contributed by atoms with Crippen molar-refractivity contribution < 1.29 is 19.7 Å². The van der Waals surface area contributed by atoms with Crippen LogP contribution in [0.1, 0.15) is 10.4 Å². The van der Waals surface area contributed by atoms with Gasteiger partial charge in [0, 0.05) is 6.20 Å². The molecule has 2 N–H and O–H groups in total. The van der Waals surface area contributed by atoms with E-state index in [9.17, 15) is 4.79 Å². The first-order valence-electron chi connectivity index (χ1n) is 3.12. The number of carboxylic acid groups (broad SMARTS) is 1. The molecule has 0 aliphatic rings. The molecule has 0 atom stereocenters. The van der Waals surface area contributed by atoms with Crippen molar-refractivity contribution in [1.29, 1.82) is 0 Å². The van der Waals surface area contributed by atoms with Crippen LogP contribution in [0.2, 0.25) is 0 Å². The third kappa shape index (κ3) is 3.28. The van der Waals surface area contributed by atoms with E-state index in [4.69, 9.17) is 14.9 Å². The van der Waals surface area contributed by atoms with Gasteiger partial charge >= 0.3 is 43.7 Å². The molecule has 1 aromatic heterocycles. The maximum atomic E-state index is 10.5. The minimum absolute atomic E-state index is 0. The van der Waals surface area contributed by atoms with E-state index in [0.29, 0.717) is 0 Å². The summed E-state index contributed by atoms with van der Waals surface area (Å²) in [5.74, 6) is -1.71. The number of ether oxygens (including phenoxy) is 1. The van der Waals surface area contributed by atoms with Crippen LogP contribution in [-0.4, -0.2) is 66.0 Å². The third-order valence-electron chi connectivity index (χ3n) is 1.33. The number of carbonyl (C=O) groups is 1. The average molecular weight is 185 g/mol. The number of pyridine rings is 1. The summed E-state index contributed by atoms with van der Waals surface area (Å²) in [5, 5.41) is 17.6. The first-order chi connectivity index (χ1) is 5.66. The number of nitrogens with zero attached hydrogens (tertiary/aromatic N) is 1. The van der Waals surface area contributed by atoms with Gasteiger partial charge in [0.05, 0.1) is 7.11 Å². The van der Waals surface area contributed by atoms with Crippen LogP contribution in [0.4, 0.5) is 0 Å². The number of aromatic nitrogens is 1. The number of methoxy groups -OCH3 is 1. The number of aromatic carboxylic acids is 1. The fourth-order valence-corrected chi connectivity index (χ4v) is 0.805. The van der Waals surface area contributed by atoms with Gasteiger partial charge in [-0.1, -0.05) is 0 Å². The molecule has 1 aromatic rings. The van der Waals surface area contributed by atoms with Gasteiger partial charge in [-0.15, -0.1) is 0 Å². The maximum absolute atomic E-state index is 10.5. The van der Waals surface area contributed by atoms with E-state index in [1.165, 1.54) is 19.4 Å². The van der Waals surface area contributed by atoms with Gasteiger partial charge in [0.1, 0.15) is 5.75 Å². The van der Waals surface area contributed by atoms with Gasteiger partial charge in [-0.2, -0.15) is 0 Å². The van der Waals surface area contributed by atoms with Gasteiger partial charge in [0.15, 0.2) is 5.56 Å². The summed E-state index contributed by atoms with van der Waals surface area (Å²) in [6.45, 7) is 0. The number of hydrogen-bond donors (Lipinski definition) is 2. The Bertz CT molecular complexity index is 319. The number of rotatable bonds is 2. The van der Waals surface area contributed by atoms with E-state index in [-0.39, 0.29) is 49.0 Å². The topological polar surface area (TPSA) is 79.7 Å². The Kier molecular flexibility index (Phi) is 7.72. The molecule has 0 radical (unpaired) electrons.